The van der Waals surface area contributed by atoms with Crippen molar-refractivity contribution >= 4 is 46.3 Å². The Morgan fingerprint density at radius 2 is 2.00 bits per heavy atom. The number of amides is 1. The third kappa shape index (κ3) is 4.41. The first-order chi connectivity index (χ1) is 14.7. The molecule has 1 saturated heterocycles. The van der Waals surface area contributed by atoms with Gasteiger partial charge < -0.3 is 10.2 Å². The van der Waals surface area contributed by atoms with Crippen LogP contribution in [0.4, 0.5) is 5.82 Å². The Labute approximate surface area is 185 Å². The maximum atomic E-state index is 12.6. The number of hydrogen-bond acceptors (Lipinski definition) is 7. The molecule has 1 aliphatic rings. The maximum absolute atomic E-state index is 12.6. The first-order valence-corrected chi connectivity index (χ1v) is 12.4. The van der Waals surface area contributed by atoms with Crippen LogP contribution in [0.15, 0.2) is 40.5 Å². The van der Waals surface area contributed by atoms with Gasteiger partial charge in [-0.2, -0.15) is 5.10 Å². The molecule has 9 heteroatoms. The zero-order chi connectivity index (χ0) is 20.9. The Kier molecular flexibility index (Phi) is 6.79. The van der Waals surface area contributed by atoms with Gasteiger partial charge in [-0.15, -0.1) is 11.8 Å². The van der Waals surface area contributed by atoms with Crippen LogP contribution in [0.1, 0.15) is 30.1 Å². The number of carbonyl (C=O) groups is 1. The Morgan fingerprint density at radius 1 is 1.20 bits per heavy atom. The zero-order valence-corrected chi connectivity index (χ0v) is 18.9. The molecule has 0 atom stereocenters. The van der Waals surface area contributed by atoms with Gasteiger partial charge in [0.05, 0.1) is 23.7 Å². The Morgan fingerprint density at radius 3 is 2.77 bits per heavy atom. The average Bonchev–Trinajstić information content (AvgIpc) is 3.44. The van der Waals surface area contributed by atoms with Crippen LogP contribution in [0.25, 0.3) is 11.0 Å². The highest BCUT2D eigenvalue weighted by atomic mass is 32.2. The third-order valence-electron chi connectivity index (χ3n) is 5.10. The number of nitrogens with one attached hydrogen (secondary N) is 1. The monoisotopic (exact) mass is 442 g/mol. The second-order valence-corrected chi connectivity index (χ2v) is 9.10. The van der Waals surface area contributed by atoms with E-state index in [0.29, 0.717) is 18.7 Å². The molecular weight excluding hydrogens is 416 g/mol. The molecule has 1 aliphatic heterocycles. The third-order valence-corrected chi connectivity index (χ3v) is 6.62. The average molecular weight is 443 g/mol. The molecule has 3 aromatic rings. The Balaban J connectivity index is 1.52. The van der Waals surface area contributed by atoms with Gasteiger partial charge in [0.15, 0.2) is 10.8 Å². The molecule has 3 heterocycles. The molecule has 0 unspecified atom stereocenters. The summed E-state index contributed by atoms with van der Waals surface area (Å²) in [4.78, 5) is 25.5. The summed E-state index contributed by atoms with van der Waals surface area (Å²) in [6.45, 7) is 5.20. The number of anilines is 1. The fourth-order valence-electron chi connectivity index (χ4n) is 3.65. The van der Waals surface area contributed by atoms with Crippen LogP contribution in [0.3, 0.4) is 0 Å². The molecule has 0 aliphatic carbocycles. The van der Waals surface area contributed by atoms with E-state index in [9.17, 15) is 4.79 Å². The quantitative estimate of drug-likeness (QED) is 0.421. The number of thioether (sulfide) groups is 2. The van der Waals surface area contributed by atoms with Crippen molar-refractivity contribution in [1.82, 2.24) is 25.1 Å². The molecule has 1 N–H and O–H groups in total. The van der Waals surface area contributed by atoms with Crippen LogP contribution in [0.5, 0.6) is 0 Å². The van der Waals surface area contributed by atoms with Crippen molar-refractivity contribution in [3.05, 3.63) is 36.0 Å². The standard InChI is InChI=1S/C21H26N6OS2/c1-3-30-21-24-18(26-11-6-7-12-26)16-14-23-27(19(16)25-21)13-10-22-20(28)15-8-4-5-9-17(15)29-2/h4-5,8-9,14H,3,6-7,10-13H2,1-2H3,(H,22,28). The van der Waals surface area contributed by atoms with Crippen molar-refractivity contribution in [3.8, 4) is 0 Å². The minimum Gasteiger partial charge on any atom is -0.356 e. The van der Waals surface area contributed by atoms with E-state index in [1.54, 1.807) is 23.5 Å². The van der Waals surface area contributed by atoms with Gasteiger partial charge in [0.25, 0.3) is 5.91 Å². The summed E-state index contributed by atoms with van der Waals surface area (Å²) >= 11 is 3.22. The van der Waals surface area contributed by atoms with E-state index in [1.807, 2.05) is 41.4 Å². The van der Waals surface area contributed by atoms with Gasteiger partial charge in [-0.25, -0.2) is 14.6 Å². The van der Waals surface area contributed by atoms with Gasteiger partial charge in [-0.05, 0) is 37.0 Å². The lowest BCUT2D eigenvalue weighted by atomic mass is 10.2. The number of hydrogen-bond donors (Lipinski definition) is 1. The molecule has 7 nitrogen and oxygen atoms in total. The maximum Gasteiger partial charge on any atom is 0.252 e. The van der Waals surface area contributed by atoms with Crippen LogP contribution in [-0.2, 0) is 6.54 Å². The molecule has 30 heavy (non-hydrogen) atoms. The highest BCUT2D eigenvalue weighted by molar-refractivity contribution is 7.99. The van der Waals surface area contributed by atoms with E-state index >= 15 is 0 Å². The highest BCUT2D eigenvalue weighted by Crippen LogP contribution is 2.29. The predicted molar refractivity (Wildman–Crippen MR) is 124 cm³/mol. The minimum atomic E-state index is -0.0639. The van der Waals surface area contributed by atoms with Crippen LogP contribution < -0.4 is 10.2 Å². The number of nitrogens with zero attached hydrogens (tertiary/aromatic N) is 5. The predicted octanol–water partition coefficient (Wildman–Crippen LogP) is 3.69. The molecule has 0 spiro atoms. The molecule has 0 radical (unpaired) electrons. The molecule has 158 valence electrons. The molecule has 4 rings (SSSR count). The molecule has 1 aromatic carbocycles. The van der Waals surface area contributed by atoms with E-state index in [0.717, 1.165) is 45.7 Å². The lowest BCUT2D eigenvalue weighted by Crippen LogP contribution is -2.28. The smallest absolute Gasteiger partial charge is 0.252 e. The molecule has 1 amide bonds. The van der Waals surface area contributed by atoms with Crippen LogP contribution in [0, 0.1) is 0 Å². The summed E-state index contributed by atoms with van der Waals surface area (Å²) in [5, 5.41) is 9.34. The van der Waals surface area contributed by atoms with Crippen molar-refractivity contribution in [3.63, 3.8) is 0 Å². The first kappa shape index (κ1) is 21.0. The summed E-state index contributed by atoms with van der Waals surface area (Å²) in [5.41, 5.74) is 1.54. The number of fused-ring (bicyclic) bond motifs is 1. The van der Waals surface area contributed by atoms with Crippen molar-refractivity contribution in [2.24, 2.45) is 0 Å². The lowest BCUT2D eigenvalue weighted by molar-refractivity contribution is 0.0949. The topological polar surface area (TPSA) is 75.9 Å². The summed E-state index contributed by atoms with van der Waals surface area (Å²) in [6.07, 6.45) is 6.22. The van der Waals surface area contributed by atoms with E-state index in [-0.39, 0.29) is 5.91 Å². The normalized spacial score (nSPS) is 13.9. The van der Waals surface area contributed by atoms with E-state index in [1.165, 1.54) is 12.8 Å². The Hall–Kier alpha value is -2.26. The summed E-state index contributed by atoms with van der Waals surface area (Å²) in [6, 6.07) is 7.65. The van der Waals surface area contributed by atoms with Crippen molar-refractivity contribution in [1.29, 1.82) is 0 Å². The molecular formula is C21H26N6OS2. The SMILES string of the molecule is CCSc1nc(N2CCCC2)c2cnn(CCNC(=O)c3ccccc3SC)c2n1. The second kappa shape index (κ2) is 9.70. The molecule has 2 aromatic heterocycles. The van der Waals surface area contributed by atoms with Crippen LogP contribution in [-0.4, -0.2) is 57.3 Å². The molecule has 0 saturated carbocycles. The highest BCUT2D eigenvalue weighted by Gasteiger charge is 2.21. The minimum absolute atomic E-state index is 0.0639. The number of rotatable bonds is 8. The molecule has 0 bridgehead atoms. The van der Waals surface area contributed by atoms with E-state index in [4.69, 9.17) is 9.97 Å². The number of carbonyl (C=O) groups excluding carboxylic acids is 1. The first-order valence-electron chi connectivity index (χ1n) is 10.2. The fraction of sp³-hybridized carbons (Fsp3) is 0.429. The Bertz CT molecular complexity index is 1030. The van der Waals surface area contributed by atoms with Gasteiger partial charge in [0, 0.05) is 24.5 Å². The van der Waals surface area contributed by atoms with E-state index < -0.39 is 0 Å². The number of aromatic nitrogens is 4. The number of benzene rings is 1. The summed E-state index contributed by atoms with van der Waals surface area (Å²) in [5.74, 6) is 1.84. The lowest BCUT2D eigenvalue weighted by Gasteiger charge is -2.17. The van der Waals surface area contributed by atoms with Gasteiger partial charge in [-0.1, -0.05) is 30.8 Å². The zero-order valence-electron chi connectivity index (χ0n) is 17.3. The van der Waals surface area contributed by atoms with E-state index in [2.05, 4.69) is 22.2 Å². The summed E-state index contributed by atoms with van der Waals surface area (Å²) < 4.78 is 1.87. The van der Waals surface area contributed by atoms with Gasteiger partial charge in [0.1, 0.15) is 5.82 Å². The largest absolute Gasteiger partial charge is 0.356 e. The van der Waals surface area contributed by atoms with Crippen molar-refractivity contribution in [2.75, 3.05) is 36.5 Å². The van der Waals surface area contributed by atoms with Crippen LogP contribution >= 0.6 is 23.5 Å². The van der Waals surface area contributed by atoms with Crippen molar-refractivity contribution < 1.29 is 4.79 Å². The van der Waals surface area contributed by atoms with Crippen LogP contribution in [0.2, 0.25) is 0 Å². The summed E-state index contributed by atoms with van der Waals surface area (Å²) in [7, 11) is 0. The van der Waals surface area contributed by atoms with Gasteiger partial charge in [-0.3, -0.25) is 4.79 Å². The second-order valence-electron chi connectivity index (χ2n) is 7.02. The van der Waals surface area contributed by atoms with Crippen molar-refractivity contribution in [2.45, 2.75) is 36.4 Å². The van der Waals surface area contributed by atoms with Gasteiger partial charge >= 0.3 is 0 Å². The van der Waals surface area contributed by atoms with Gasteiger partial charge in [0.2, 0.25) is 0 Å². The fourth-order valence-corrected chi connectivity index (χ4v) is 4.81. The molecule has 1 fully saturated rings.